The second kappa shape index (κ2) is 18.3. The van der Waals surface area contributed by atoms with Gasteiger partial charge in [-0.15, -0.1) is 0 Å². The van der Waals surface area contributed by atoms with Crippen LogP contribution < -0.4 is 21.4 Å². The second-order valence-corrected chi connectivity index (χ2v) is 15.7. The number of rotatable bonds is 9. The van der Waals surface area contributed by atoms with E-state index in [0.717, 1.165) is 90.4 Å². The average molecular weight is 659 g/mol. The molecule has 3 aliphatic carbocycles. The topological polar surface area (TPSA) is 115 Å². The Bertz CT molecular complexity index is 1000. The van der Waals surface area contributed by atoms with Crippen LogP contribution in [0.4, 0.5) is 0 Å². The minimum Gasteiger partial charge on any atom is -0.375 e. The minimum atomic E-state index is -0.639. The van der Waals surface area contributed by atoms with Crippen LogP contribution in [0.1, 0.15) is 123 Å². The van der Waals surface area contributed by atoms with Crippen LogP contribution in [0.15, 0.2) is 0 Å². The number of nitrogens with zero attached hydrogens (tertiary/aromatic N) is 2. The molecular weight excluding hydrogens is 592 g/mol. The minimum absolute atomic E-state index is 0.0386. The van der Waals surface area contributed by atoms with Crippen molar-refractivity contribution in [1.29, 1.82) is 0 Å². The lowest BCUT2D eigenvalue weighted by atomic mass is 9.80. The Morgan fingerprint density at radius 2 is 1.49 bits per heavy atom. The SMILES string of the molecule is CCN(CC)[C@H]1CC2CCCC(C2)OC2CCCC(C2)C[C@@H](C(=O)NCC2CNN(C)C2)NC(=O)[C@H](CCC2CCCCC2)NC1=O. The molecule has 4 bridgehead atoms. The molecule has 5 aliphatic rings. The van der Waals surface area contributed by atoms with Crippen molar-refractivity contribution in [3.05, 3.63) is 0 Å². The van der Waals surface area contributed by atoms with Gasteiger partial charge < -0.3 is 20.7 Å². The number of fused-ring (bicyclic) bond motifs is 4. The van der Waals surface area contributed by atoms with Gasteiger partial charge in [0, 0.05) is 32.6 Å². The Labute approximate surface area is 284 Å². The first-order valence-corrected chi connectivity index (χ1v) is 19.5. The number of carbonyl (C=O) groups excluding carboxylic acids is 3. The Morgan fingerprint density at radius 3 is 2.13 bits per heavy atom. The number of amides is 3. The van der Waals surface area contributed by atoms with E-state index in [1.807, 2.05) is 7.05 Å². The maximum Gasteiger partial charge on any atom is 0.243 e. The molecule has 0 aromatic carbocycles. The van der Waals surface area contributed by atoms with Crippen LogP contribution in [-0.2, 0) is 19.1 Å². The molecule has 0 aromatic rings. The Morgan fingerprint density at radius 1 is 0.809 bits per heavy atom. The maximum atomic E-state index is 14.2. The number of hydrogen-bond donors (Lipinski definition) is 4. The van der Waals surface area contributed by atoms with E-state index in [0.29, 0.717) is 43.1 Å². The van der Waals surface area contributed by atoms with E-state index in [-0.39, 0.29) is 36.0 Å². The molecule has 8 atom stereocenters. The van der Waals surface area contributed by atoms with Gasteiger partial charge in [-0.05, 0) is 82.2 Å². The fourth-order valence-corrected chi connectivity index (χ4v) is 9.39. The van der Waals surface area contributed by atoms with Crippen molar-refractivity contribution in [2.75, 3.05) is 39.8 Å². The van der Waals surface area contributed by atoms with Gasteiger partial charge in [0.1, 0.15) is 12.1 Å². The van der Waals surface area contributed by atoms with Crippen molar-refractivity contribution in [2.45, 2.75) is 153 Å². The summed E-state index contributed by atoms with van der Waals surface area (Å²) in [5.74, 6) is 1.34. The summed E-state index contributed by atoms with van der Waals surface area (Å²) in [4.78, 5) is 44.6. The quantitative estimate of drug-likeness (QED) is 0.295. The van der Waals surface area contributed by atoms with Gasteiger partial charge in [0.2, 0.25) is 17.7 Å². The lowest BCUT2D eigenvalue weighted by molar-refractivity contribution is -0.135. The van der Waals surface area contributed by atoms with Crippen molar-refractivity contribution in [3.63, 3.8) is 0 Å². The molecule has 47 heavy (non-hydrogen) atoms. The number of hydrogen-bond acceptors (Lipinski definition) is 7. The molecule has 0 radical (unpaired) electrons. The first kappa shape index (κ1) is 36.5. The highest BCUT2D eigenvalue weighted by Gasteiger charge is 2.37. The fourth-order valence-electron chi connectivity index (χ4n) is 9.39. The first-order valence-electron chi connectivity index (χ1n) is 19.5. The van der Waals surface area contributed by atoms with Crippen LogP contribution in [-0.4, -0.2) is 97.7 Å². The number of likely N-dealkylation sites (N-methyl/N-ethyl adjacent to an activating group) is 1. The largest absolute Gasteiger partial charge is 0.375 e. The molecule has 0 aromatic heterocycles. The Kier molecular flexibility index (Phi) is 14.2. The van der Waals surface area contributed by atoms with Crippen LogP contribution in [0.5, 0.6) is 0 Å². The number of carbonyl (C=O) groups is 3. The third-order valence-corrected chi connectivity index (χ3v) is 12.1. The molecule has 2 saturated heterocycles. The van der Waals surface area contributed by atoms with E-state index < -0.39 is 12.1 Å². The molecular formula is C37H66N6O4. The highest BCUT2D eigenvalue weighted by molar-refractivity contribution is 5.93. The van der Waals surface area contributed by atoms with E-state index in [4.69, 9.17) is 4.74 Å². The molecule has 4 N–H and O–H groups in total. The van der Waals surface area contributed by atoms with Gasteiger partial charge >= 0.3 is 0 Å². The zero-order chi connectivity index (χ0) is 33.2. The van der Waals surface area contributed by atoms with Gasteiger partial charge in [-0.2, -0.15) is 0 Å². The highest BCUT2D eigenvalue weighted by Crippen LogP contribution is 2.36. The molecule has 5 unspecified atom stereocenters. The van der Waals surface area contributed by atoms with E-state index in [2.05, 4.69) is 45.1 Å². The highest BCUT2D eigenvalue weighted by atomic mass is 16.5. The van der Waals surface area contributed by atoms with E-state index in [1.54, 1.807) is 0 Å². The summed E-state index contributed by atoms with van der Waals surface area (Å²) in [7, 11) is 2.02. The van der Waals surface area contributed by atoms with Crippen LogP contribution in [0.3, 0.4) is 0 Å². The first-order chi connectivity index (χ1) is 22.8. The number of hydrazine groups is 1. The third-order valence-electron chi connectivity index (χ3n) is 12.1. The standard InChI is InChI=1S/C37H66N6O4/c1-4-43(5-2)34-22-28-14-10-16-31(20-28)47-30-15-9-13-27(19-30)21-33(35(44)38-23-29-24-39-42(3)25-29)41-36(45)32(40-37(34)46)18-17-26-11-7-6-8-12-26/h26-34,39H,4-25H2,1-3H3,(H,38,44)(H,40,46)(H,41,45)/t27?,28?,29?,30?,31?,32-,33-,34-/m0/s1. The molecule has 3 amide bonds. The van der Waals surface area contributed by atoms with Crippen molar-refractivity contribution in [3.8, 4) is 0 Å². The molecule has 3 saturated carbocycles. The zero-order valence-corrected chi connectivity index (χ0v) is 29.8. The molecule has 5 fully saturated rings. The predicted octanol–water partition coefficient (Wildman–Crippen LogP) is 4.14. The monoisotopic (exact) mass is 659 g/mol. The lowest BCUT2D eigenvalue weighted by Gasteiger charge is -2.39. The number of nitrogens with one attached hydrogen (secondary N) is 4. The average Bonchev–Trinajstić information content (AvgIpc) is 3.50. The van der Waals surface area contributed by atoms with E-state index in [1.165, 1.54) is 32.1 Å². The van der Waals surface area contributed by atoms with Crippen LogP contribution in [0.2, 0.25) is 0 Å². The van der Waals surface area contributed by atoms with Crippen LogP contribution >= 0.6 is 0 Å². The van der Waals surface area contributed by atoms with Gasteiger partial charge in [0.25, 0.3) is 0 Å². The molecule has 5 rings (SSSR count). The summed E-state index contributed by atoms with van der Waals surface area (Å²) in [6.45, 7) is 8.12. The van der Waals surface area contributed by atoms with E-state index in [9.17, 15) is 14.4 Å². The van der Waals surface area contributed by atoms with Crippen molar-refractivity contribution in [2.24, 2.45) is 23.7 Å². The smallest absolute Gasteiger partial charge is 0.243 e. The Hall–Kier alpha value is -1.75. The van der Waals surface area contributed by atoms with Crippen LogP contribution in [0.25, 0.3) is 0 Å². The summed E-state index contributed by atoms with van der Waals surface area (Å²) in [6.07, 6.45) is 18.1. The van der Waals surface area contributed by atoms with Gasteiger partial charge in [0.15, 0.2) is 0 Å². The van der Waals surface area contributed by atoms with Crippen molar-refractivity contribution < 1.29 is 19.1 Å². The molecule has 268 valence electrons. The van der Waals surface area contributed by atoms with Crippen molar-refractivity contribution >= 4 is 17.7 Å². The summed E-state index contributed by atoms with van der Waals surface area (Å²) < 4.78 is 6.80. The summed E-state index contributed by atoms with van der Waals surface area (Å²) >= 11 is 0. The number of ether oxygens (including phenoxy) is 1. The zero-order valence-electron chi connectivity index (χ0n) is 29.8. The van der Waals surface area contributed by atoms with Gasteiger partial charge in [-0.1, -0.05) is 71.6 Å². The van der Waals surface area contributed by atoms with Gasteiger partial charge in [-0.25, -0.2) is 5.01 Å². The van der Waals surface area contributed by atoms with Crippen LogP contribution in [0, 0.1) is 23.7 Å². The van der Waals surface area contributed by atoms with E-state index >= 15 is 0 Å². The third kappa shape index (κ3) is 10.9. The molecule has 2 heterocycles. The van der Waals surface area contributed by atoms with Gasteiger partial charge in [-0.3, -0.25) is 24.7 Å². The fraction of sp³-hybridized carbons (Fsp3) is 0.919. The summed E-state index contributed by atoms with van der Waals surface area (Å²) in [6, 6.07) is -1.54. The molecule has 10 nitrogen and oxygen atoms in total. The lowest BCUT2D eigenvalue weighted by Crippen LogP contribution is -2.57. The predicted molar refractivity (Wildman–Crippen MR) is 185 cm³/mol. The molecule has 10 heteroatoms. The van der Waals surface area contributed by atoms with Crippen molar-refractivity contribution in [1.82, 2.24) is 31.3 Å². The second-order valence-electron chi connectivity index (χ2n) is 15.7. The summed E-state index contributed by atoms with van der Waals surface area (Å²) in [5.41, 5.74) is 3.32. The Balaban J connectivity index is 1.38. The molecule has 0 spiro atoms. The normalized spacial score (nSPS) is 35.3. The maximum absolute atomic E-state index is 14.2. The molecule has 2 aliphatic heterocycles. The summed E-state index contributed by atoms with van der Waals surface area (Å²) in [5, 5.41) is 11.7. The van der Waals surface area contributed by atoms with Gasteiger partial charge in [0.05, 0.1) is 18.2 Å².